The highest BCUT2D eigenvalue weighted by Crippen LogP contribution is 2.30. The van der Waals surface area contributed by atoms with Gasteiger partial charge in [0, 0.05) is 24.3 Å². The van der Waals surface area contributed by atoms with E-state index in [4.69, 9.17) is 9.47 Å². The van der Waals surface area contributed by atoms with Crippen LogP contribution in [0.5, 0.6) is 11.5 Å². The molecule has 200 valence electrons. The second-order valence-corrected chi connectivity index (χ2v) is 7.67. The third-order valence-corrected chi connectivity index (χ3v) is 4.94. The van der Waals surface area contributed by atoms with Gasteiger partial charge in [0.05, 0.1) is 45.6 Å². The molecule has 3 aromatic rings. The van der Waals surface area contributed by atoms with Crippen LogP contribution in [0.1, 0.15) is 28.4 Å². The Hall–Kier alpha value is -5.73. The number of nitrogens with one attached hydrogen (secondary N) is 1. The molecule has 0 aliphatic rings. The molecule has 0 aliphatic carbocycles. The minimum atomic E-state index is -1.08. The minimum Gasteiger partial charge on any atom is -0.490 e. The average molecular weight is 537 g/mol. The summed E-state index contributed by atoms with van der Waals surface area (Å²) in [5.74, 6) is -1.51. The topological polar surface area (TPSA) is 206 Å². The summed E-state index contributed by atoms with van der Waals surface area (Å²) in [6, 6.07) is 12.2. The van der Waals surface area contributed by atoms with Crippen molar-refractivity contribution in [3.63, 3.8) is 0 Å². The maximum Gasteiger partial charge on any atom is 0.344 e. The molecular formula is C24H19N5O10. The monoisotopic (exact) mass is 537 g/mol. The van der Waals surface area contributed by atoms with E-state index in [0.717, 1.165) is 18.2 Å². The number of benzene rings is 3. The van der Waals surface area contributed by atoms with E-state index >= 15 is 0 Å². The number of carbonyl (C=O) groups is 2. The van der Waals surface area contributed by atoms with Gasteiger partial charge in [0.15, 0.2) is 11.5 Å². The van der Waals surface area contributed by atoms with Crippen LogP contribution in [0.3, 0.4) is 0 Å². The van der Waals surface area contributed by atoms with Crippen molar-refractivity contribution in [1.29, 1.82) is 0 Å². The maximum atomic E-state index is 12.6. The Labute approximate surface area is 219 Å². The summed E-state index contributed by atoms with van der Waals surface area (Å²) >= 11 is 0. The van der Waals surface area contributed by atoms with Crippen LogP contribution in [-0.4, -0.2) is 39.5 Å². The van der Waals surface area contributed by atoms with Gasteiger partial charge in [-0.05, 0) is 36.2 Å². The van der Waals surface area contributed by atoms with Crippen LogP contribution in [0.2, 0.25) is 0 Å². The molecule has 0 saturated heterocycles. The zero-order chi connectivity index (χ0) is 28.5. The molecule has 0 aromatic heterocycles. The predicted octanol–water partition coefficient (Wildman–Crippen LogP) is 3.72. The van der Waals surface area contributed by atoms with Gasteiger partial charge in [0.1, 0.15) is 0 Å². The van der Waals surface area contributed by atoms with Gasteiger partial charge in [-0.25, -0.2) is 10.2 Å². The first kappa shape index (κ1) is 27.9. The number of rotatable bonds is 11. The molecule has 0 unspecified atom stereocenters. The zero-order valence-corrected chi connectivity index (χ0v) is 20.1. The van der Waals surface area contributed by atoms with Crippen LogP contribution in [0, 0.1) is 30.3 Å². The average Bonchev–Trinajstić information content (AvgIpc) is 2.90. The number of amides is 1. The Morgan fingerprint density at radius 3 is 2.03 bits per heavy atom. The van der Waals surface area contributed by atoms with Gasteiger partial charge < -0.3 is 9.47 Å². The molecule has 0 fully saturated rings. The molecule has 0 atom stereocenters. The van der Waals surface area contributed by atoms with Crippen molar-refractivity contribution in [2.45, 2.75) is 13.3 Å². The molecule has 1 N–H and O–H groups in total. The summed E-state index contributed by atoms with van der Waals surface area (Å²) in [6.07, 6.45) is 1.23. The lowest BCUT2D eigenvalue weighted by atomic mass is 10.1. The highest BCUT2D eigenvalue weighted by atomic mass is 16.6. The fourth-order valence-electron chi connectivity index (χ4n) is 3.18. The Bertz CT molecular complexity index is 1440. The van der Waals surface area contributed by atoms with Gasteiger partial charge in [-0.2, -0.15) is 5.10 Å². The first-order valence-electron chi connectivity index (χ1n) is 11.1. The lowest BCUT2D eigenvalue weighted by Gasteiger charge is -2.11. The fourth-order valence-corrected chi connectivity index (χ4v) is 3.18. The Morgan fingerprint density at radius 2 is 1.46 bits per heavy atom. The molecule has 3 aromatic carbocycles. The number of non-ortho nitro benzene ring substituents is 3. The number of carbonyl (C=O) groups excluding carboxylic acids is 2. The SMILES string of the molecule is CCOc1cc(/C=N/NC(=O)Cc2ccc([N+](=O)[O-])cc2)ccc1OC(=O)c1cc([N+](=O)[O-])cc([N+](=O)[O-])c1. The second kappa shape index (κ2) is 12.5. The molecule has 0 aliphatic heterocycles. The van der Waals surface area contributed by atoms with Gasteiger partial charge in [-0.1, -0.05) is 12.1 Å². The van der Waals surface area contributed by atoms with Crippen LogP contribution in [0.4, 0.5) is 17.1 Å². The molecule has 0 heterocycles. The molecule has 1 amide bonds. The zero-order valence-electron chi connectivity index (χ0n) is 20.1. The summed E-state index contributed by atoms with van der Waals surface area (Å²) in [4.78, 5) is 55.3. The summed E-state index contributed by atoms with van der Waals surface area (Å²) < 4.78 is 10.8. The third kappa shape index (κ3) is 7.63. The highest BCUT2D eigenvalue weighted by molar-refractivity contribution is 5.93. The van der Waals surface area contributed by atoms with E-state index < -0.39 is 43.6 Å². The van der Waals surface area contributed by atoms with Crippen molar-refractivity contribution in [1.82, 2.24) is 5.43 Å². The Morgan fingerprint density at radius 1 is 0.846 bits per heavy atom. The number of ether oxygens (including phenoxy) is 2. The van der Waals surface area contributed by atoms with Crippen molar-refractivity contribution >= 4 is 35.2 Å². The molecule has 0 saturated carbocycles. The first-order valence-corrected chi connectivity index (χ1v) is 11.1. The quantitative estimate of drug-likeness (QED) is 0.123. The molecule has 3 rings (SSSR count). The number of nitro groups is 3. The smallest absolute Gasteiger partial charge is 0.344 e. The summed E-state index contributed by atoms with van der Waals surface area (Å²) in [6.45, 7) is 1.86. The van der Waals surface area contributed by atoms with E-state index in [9.17, 15) is 39.9 Å². The lowest BCUT2D eigenvalue weighted by Crippen LogP contribution is -2.19. The lowest BCUT2D eigenvalue weighted by molar-refractivity contribution is -0.394. The minimum absolute atomic E-state index is 0.0598. The Kier molecular flexibility index (Phi) is 8.92. The van der Waals surface area contributed by atoms with E-state index in [0.29, 0.717) is 11.1 Å². The standard InChI is InChI=1S/C24H19N5O10/c1-2-38-22-9-16(14-25-26-23(30)10-15-3-6-18(7-4-15)27(32)33)5-8-21(22)39-24(31)17-11-19(28(34)35)13-20(12-17)29(36)37/h3-9,11-14H,2,10H2,1H3,(H,26,30)/b25-14+. The molecular weight excluding hydrogens is 518 g/mol. The van der Waals surface area contributed by atoms with Crippen molar-refractivity contribution in [2.24, 2.45) is 5.10 Å². The van der Waals surface area contributed by atoms with Crippen molar-refractivity contribution in [3.05, 3.63) is 108 Å². The van der Waals surface area contributed by atoms with Crippen LogP contribution in [0.25, 0.3) is 0 Å². The van der Waals surface area contributed by atoms with E-state index in [2.05, 4.69) is 10.5 Å². The predicted molar refractivity (Wildman–Crippen MR) is 135 cm³/mol. The number of hydrogen-bond donors (Lipinski definition) is 1. The van der Waals surface area contributed by atoms with E-state index in [-0.39, 0.29) is 30.2 Å². The number of hydrazone groups is 1. The van der Waals surface area contributed by atoms with Crippen LogP contribution in [-0.2, 0) is 11.2 Å². The van der Waals surface area contributed by atoms with Crippen molar-refractivity contribution < 1.29 is 33.8 Å². The van der Waals surface area contributed by atoms with Gasteiger partial charge in [0.2, 0.25) is 5.91 Å². The van der Waals surface area contributed by atoms with Crippen molar-refractivity contribution in [2.75, 3.05) is 6.61 Å². The van der Waals surface area contributed by atoms with Crippen LogP contribution in [0.15, 0.2) is 65.8 Å². The van der Waals surface area contributed by atoms with Gasteiger partial charge in [-0.3, -0.25) is 35.1 Å². The van der Waals surface area contributed by atoms with E-state index in [1.54, 1.807) is 6.92 Å². The molecule has 0 radical (unpaired) electrons. The maximum absolute atomic E-state index is 12.6. The molecule has 15 nitrogen and oxygen atoms in total. The number of esters is 1. The number of nitro benzene ring substituents is 3. The van der Waals surface area contributed by atoms with Crippen LogP contribution < -0.4 is 14.9 Å². The number of nitrogens with zero attached hydrogens (tertiary/aromatic N) is 4. The van der Waals surface area contributed by atoms with E-state index in [1.807, 2.05) is 0 Å². The molecule has 39 heavy (non-hydrogen) atoms. The summed E-state index contributed by atoms with van der Waals surface area (Å²) in [5, 5.41) is 36.7. The molecule has 0 spiro atoms. The van der Waals surface area contributed by atoms with Crippen LogP contribution >= 0.6 is 0 Å². The molecule has 0 bridgehead atoms. The normalized spacial score (nSPS) is 10.6. The van der Waals surface area contributed by atoms with E-state index in [1.165, 1.54) is 48.7 Å². The Balaban J connectivity index is 1.70. The summed E-state index contributed by atoms with van der Waals surface area (Å²) in [5.41, 5.74) is 1.52. The van der Waals surface area contributed by atoms with Crippen molar-refractivity contribution in [3.8, 4) is 11.5 Å². The van der Waals surface area contributed by atoms with Gasteiger partial charge in [-0.15, -0.1) is 0 Å². The third-order valence-electron chi connectivity index (χ3n) is 4.94. The second-order valence-electron chi connectivity index (χ2n) is 7.67. The fraction of sp³-hybridized carbons (Fsp3) is 0.125. The van der Waals surface area contributed by atoms with Gasteiger partial charge >= 0.3 is 5.97 Å². The largest absolute Gasteiger partial charge is 0.490 e. The first-order chi connectivity index (χ1) is 18.6. The van der Waals surface area contributed by atoms with Gasteiger partial charge in [0.25, 0.3) is 17.1 Å². The molecule has 15 heteroatoms. The summed E-state index contributed by atoms with van der Waals surface area (Å²) in [7, 11) is 0. The highest BCUT2D eigenvalue weighted by Gasteiger charge is 2.22. The number of hydrogen-bond acceptors (Lipinski definition) is 11.